The predicted octanol–water partition coefficient (Wildman–Crippen LogP) is 1.27. The molecule has 128 valence electrons. The van der Waals surface area contributed by atoms with Crippen LogP contribution in [0.25, 0.3) is 0 Å². The molecule has 0 radical (unpaired) electrons. The number of nitrogens with one attached hydrogen (secondary N) is 1. The normalized spacial score (nSPS) is 16.7. The molecule has 3 rings (SSSR count). The quantitative estimate of drug-likeness (QED) is 0.852. The molecule has 24 heavy (non-hydrogen) atoms. The van der Waals surface area contributed by atoms with Crippen LogP contribution >= 0.6 is 0 Å². The first-order valence-corrected chi connectivity index (χ1v) is 7.93. The number of aryl methyl sites for hydroxylation is 2. The Labute approximate surface area is 139 Å². The molecular formula is C16H21N5O3. The number of carbonyl (C=O) groups excluding carboxylic acids is 2. The van der Waals surface area contributed by atoms with Gasteiger partial charge in [-0.05, 0) is 20.8 Å². The molecule has 0 bridgehead atoms. The lowest BCUT2D eigenvalue weighted by Crippen LogP contribution is -2.26. The summed E-state index contributed by atoms with van der Waals surface area (Å²) >= 11 is 0. The van der Waals surface area contributed by atoms with E-state index < -0.39 is 0 Å². The molecule has 2 aromatic heterocycles. The molecule has 0 spiro atoms. The topological polar surface area (TPSA) is 91.0 Å². The summed E-state index contributed by atoms with van der Waals surface area (Å²) in [5.41, 5.74) is 3.75. The first-order valence-electron chi connectivity index (χ1n) is 7.93. The zero-order valence-corrected chi connectivity index (χ0v) is 14.3. The average Bonchev–Trinajstić information content (AvgIpc) is 3.00. The fourth-order valence-corrected chi connectivity index (χ4v) is 3.18. The van der Waals surface area contributed by atoms with Gasteiger partial charge in [-0.15, -0.1) is 0 Å². The van der Waals surface area contributed by atoms with Crippen LogP contribution in [0.4, 0.5) is 5.82 Å². The van der Waals surface area contributed by atoms with Gasteiger partial charge in [-0.2, -0.15) is 10.2 Å². The minimum absolute atomic E-state index is 0.0248. The van der Waals surface area contributed by atoms with E-state index in [0.29, 0.717) is 18.8 Å². The molecule has 0 fully saturated rings. The Bertz CT molecular complexity index is 805. The van der Waals surface area contributed by atoms with Crippen molar-refractivity contribution in [2.24, 2.45) is 7.05 Å². The van der Waals surface area contributed by atoms with Crippen LogP contribution in [0, 0.1) is 13.8 Å². The lowest BCUT2D eigenvalue weighted by Gasteiger charge is -2.24. The highest BCUT2D eigenvalue weighted by Gasteiger charge is 2.34. The highest BCUT2D eigenvalue weighted by atomic mass is 16.5. The van der Waals surface area contributed by atoms with Gasteiger partial charge < -0.3 is 10.1 Å². The van der Waals surface area contributed by atoms with Crippen LogP contribution in [0.15, 0.2) is 6.20 Å². The van der Waals surface area contributed by atoms with Crippen LogP contribution < -0.4 is 5.32 Å². The van der Waals surface area contributed by atoms with Gasteiger partial charge in [0, 0.05) is 36.2 Å². The van der Waals surface area contributed by atoms with E-state index in [4.69, 9.17) is 4.74 Å². The van der Waals surface area contributed by atoms with Crippen molar-refractivity contribution in [3.63, 3.8) is 0 Å². The SMILES string of the molecule is CCOC(=O)Cn1nc(C)c2c1NC(=O)CC2c1cnn(C)c1C. The van der Waals surface area contributed by atoms with E-state index in [2.05, 4.69) is 15.5 Å². The summed E-state index contributed by atoms with van der Waals surface area (Å²) in [7, 11) is 1.87. The average molecular weight is 331 g/mol. The minimum atomic E-state index is -0.378. The van der Waals surface area contributed by atoms with Crippen LogP contribution in [0.2, 0.25) is 0 Å². The second-order valence-corrected chi connectivity index (χ2v) is 5.92. The number of fused-ring (bicyclic) bond motifs is 1. The zero-order valence-electron chi connectivity index (χ0n) is 14.3. The largest absolute Gasteiger partial charge is 0.465 e. The molecule has 1 atom stereocenters. The molecule has 0 saturated heterocycles. The van der Waals surface area contributed by atoms with Crippen LogP contribution in [-0.4, -0.2) is 38.0 Å². The van der Waals surface area contributed by atoms with Gasteiger partial charge in [-0.3, -0.25) is 14.3 Å². The summed E-state index contributed by atoms with van der Waals surface area (Å²) in [6.07, 6.45) is 2.13. The number of carbonyl (C=O) groups is 2. The van der Waals surface area contributed by atoms with Crippen molar-refractivity contribution >= 4 is 17.7 Å². The minimum Gasteiger partial charge on any atom is -0.465 e. The van der Waals surface area contributed by atoms with E-state index in [-0.39, 0.29) is 24.3 Å². The Kier molecular flexibility index (Phi) is 4.13. The molecule has 3 heterocycles. The van der Waals surface area contributed by atoms with Crippen molar-refractivity contribution < 1.29 is 14.3 Å². The van der Waals surface area contributed by atoms with Crippen molar-refractivity contribution in [3.05, 3.63) is 28.7 Å². The molecule has 1 aliphatic heterocycles. The maximum atomic E-state index is 12.2. The molecule has 1 aliphatic rings. The van der Waals surface area contributed by atoms with Crippen LogP contribution in [-0.2, 0) is 27.9 Å². The summed E-state index contributed by atoms with van der Waals surface area (Å²) in [5.74, 6) is -0.0130. The third-order valence-electron chi connectivity index (χ3n) is 4.40. The van der Waals surface area contributed by atoms with E-state index in [9.17, 15) is 9.59 Å². The van der Waals surface area contributed by atoms with Crippen LogP contribution in [0.1, 0.15) is 41.8 Å². The maximum absolute atomic E-state index is 12.2. The summed E-state index contributed by atoms with van der Waals surface area (Å²) in [6, 6.07) is 0. The second-order valence-electron chi connectivity index (χ2n) is 5.92. The maximum Gasteiger partial charge on any atom is 0.327 e. The fourth-order valence-electron chi connectivity index (χ4n) is 3.18. The Hall–Kier alpha value is -2.64. The summed E-state index contributed by atoms with van der Waals surface area (Å²) in [6.45, 7) is 5.91. The van der Waals surface area contributed by atoms with E-state index in [1.165, 1.54) is 4.68 Å². The molecule has 0 aromatic carbocycles. The first kappa shape index (κ1) is 16.2. The molecule has 2 aromatic rings. The molecule has 0 saturated carbocycles. The molecular weight excluding hydrogens is 310 g/mol. The zero-order chi connectivity index (χ0) is 17.4. The highest BCUT2D eigenvalue weighted by Crippen LogP contribution is 2.40. The Morgan fingerprint density at radius 2 is 2.21 bits per heavy atom. The van der Waals surface area contributed by atoms with Gasteiger partial charge >= 0.3 is 5.97 Å². The predicted molar refractivity (Wildman–Crippen MR) is 86.6 cm³/mol. The Morgan fingerprint density at radius 1 is 1.46 bits per heavy atom. The number of hydrogen-bond acceptors (Lipinski definition) is 5. The van der Waals surface area contributed by atoms with Crippen molar-refractivity contribution in [2.75, 3.05) is 11.9 Å². The second kappa shape index (κ2) is 6.10. The Balaban J connectivity index is 2.04. The summed E-state index contributed by atoms with van der Waals surface area (Å²) in [4.78, 5) is 24.0. The number of nitrogens with zero attached hydrogens (tertiary/aromatic N) is 4. The number of esters is 1. The van der Waals surface area contributed by atoms with Gasteiger partial charge in [0.25, 0.3) is 0 Å². The van der Waals surface area contributed by atoms with Gasteiger partial charge in [0.1, 0.15) is 12.4 Å². The van der Waals surface area contributed by atoms with Crippen LogP contribution in [0.3, 0.4) is 0 Å². The van der Waals surface area contributed by atoms with Crippen molar-refractivity contribution in [3.8, 4) is 0 Å². The molecule has 1 amide bonds. The van der Waals surface area contributed by atoms with Gasteiger partial charge in [-0.25, -0.2) is 4.68 Å². The van der Waals surface area contributed by atoms with Crippen LogP contribution in [0.5, 0.6) is 0 Å². The fraction of sp³-hybridized carbons (Fsp3) is 0.500. The molecule has 1 unspecified atom stereocenters. The first-order chi connectivity index (χ1) is 11.4. The monoisotopic (exact) mass is 331 g/mol. The number of anilines is 1. The van der Waals surface area contributed by atoms with Crippen molar-refractivity contribution in [1.82, 2.24) is 19.6 Å². The van der Waals surface area contributed by atoms with Gasteiger partial charge in [0.15, 0.2) is 0 Å². The van der Waals surface area contributed by atoms with E-state index in [1.54, 1.807) is 17.8 Å². The van der Waals surface area contributed by atoms with Gasteiger partial charge in [0.2, 0.25) is 5.91 Å². The number of amides is 1. The highest BCUT2D eigenvalue weighted by molar-refractivity contribution is 5.95. The lowest BCUT2D eigenvalue weighted by atomic mass is 9.86. The molecule has 1 N–H and O–H groups in total. The molecule has 0 aliphatic carbocycles. The summed E-state index contributed by atoms with van der Waals surface area (Å²) < 4.78 is 8.28. The van der Waals surface area contributed by atoms with E-state index in [0.717, 1.165) is 22.5 Å². The van der Waals surface area contributed by atoms with Crippen molar-refractivity contribution in [2.45, 2.75) is 39.7 Å². The number of ether oxygens (including phenoxy) is 1. The number of rotatable bonds is 4. The molecule has 8 nitrogen and oxygen atoms in total. The Morgan fingerprint density at radius 3 is 2.83 bits per heavy atom. The van der Waals surface area contributed by atoms with E-state index in [1.807, 2.05) is 20.9 Å². The standard InChI is InChI=1S/C16H21N5O3/c1-5-24-14(23)8-21-16-15(9(2)19-21)11(6-13(22)18-16)12-7-17-20(4)10(12)3/h7,11H,5-6,8H2,1-4H3,(H,18,22). The summed E-state index contributed by atoms with van der Waals surface area (Å²) in [5, 5.41) is 11.6. The van der Waals surface area contributed by atoms with Gasteiger partial charge in [0.05, 0.1) is 18.5 Å². The van der Waals surface area contributed by atoms with Crippen molar-refractivity contribution in [1.29, 1.82) is 0 Å². The number of aromatic nitrogens is 4. The molecule has 8 heteroatoms. The third kappa shape index (κ3) is 2.68. The van der Waals surface area contributed by atoms with E-state index >= 15 is 0 Å². The lowest BCUT2D eigenvalue weighted by molar-refractivity contribution is -0.144. The number of hydrogen-bond donors (Lipinski definition) is 1. The smallest absolute Gasteiger partial charge is 0.327 e. The van der Waals surface area contributed by atoms with Gasteiger partial charge in [-0.1, -0.05) is 0 Å². The third-order valence-corrected chi connectivity index (χ3v) is 4.40.